The zero-order valence-corrected chi connectivity index (χ0v) is 11.5. The molecule has 0 aromatic heterocycles. The van der Waals surface area contributed by atoms with Crippen LogP contribution in [0.25, 0.3) is 0 Å². The van der Waals surface area contributed by atoms with Crippen molar-refractivity contribution in [1.29, 1.82) is 0 Å². The van der Waals surface area contributed by atoms with E-state index in [1.807, 2.05) is 0 Å². The van der Waals surface area contributed by atoms with Crippen molar-refractivity contribution in [2.45, 2.75) is 18.9 Å². The molecular formula is C12H23N3O4. The number of amides is 3. The molecule has 0 bridgehead atoms. The third-order valence-corrected chi connectivity index (χ3v) is 3.23. The highest BCUT2D eigenvalue weighted by Crippen LogP contribution is 2.17. The van der Waals surface area contributed by atoms with Gasteiger partial charge in [0.25, 0.3) is 0 Å². The molecule has 3 amide bonds. The minimum absolute atomic E-state index is 0.0987. The molecule has 0 aliphatic carbocycles. The zero-order valence-electron chi connectivity index (χ0n) is 11.5. The number of nitrogens with one attached hydrogen (secondary N) is 1. The normalized spacial score (nSPS) is 19.4. The van der Waals surface area contributed by atoms with E-state index >= 15 is 0 Å². The number of piperidine rings is 1. The molecule has 110 valence electrons. The molecule has 3 N–H and O–H groups in total. The minimum atomic E-state index is -0.632. The Bertz CT molecular complexity index is 318. The van der Waals surface area contributed by atoms with Crippen LogP contribution >= 0.6 is 0 Å². The van der Waals surface area contributed by atoms with Gasteiger partial charge in [-0.3, -0.25) is 4.79 Å². The van der Waals surface area contributed by atoms with Gasteiger partial charge in [-0.25, -0.2) is 4.79 Å². The fourth-order valence-electron chi connectivity index (χ4n) is 2.12. The summed E-state index contributed by atoms with van der Waals surface area (Å²) >= 11 is 0. The quantitative estimate of drug-likeness (QED) is 0.603. The summed E-state index contributed by atoms with van der Waals surface area (Å²) in [5.41, 5.74) is 0. The second-order valence-electron chi connectivity index (χ2n) is 5.03. The largest absolute Gasteiger partial charge is 0.394 e. The number of rotatable bonds is 4. The first kappa shape index (κ1) is 15.7. The van der Waals surface area contributed by atoms with Crippen molar-refractivity contribution < 1.29 is 19.8 Å². The van der Waals surface area contributed by atoms with Crippen LogP contribution in [0, 0.1) is 5.92 Å². The van der Waals surface area contributed by atoms with Crippen LogP contribution in [-0.4, -0.2) is 78.4 Å². The average molecular weight is 273 g/mol. The molecule has 1 fully saturated rings. The lowest BCUT2D eigenvalue weighted by Gasteiger charge is -2.34. The van der Waals surface area contributed by atoms with Gasteiger partial charge in [-0.1, -0.05) is 0 Å². The van der Waals surface area contributed by atoms with Crippen molar-refractivity contribution in [3.8, 4) is 0 Å². The van der Waals surface area contributed by atoms with Crippen LogP contribution in [0.1, 0.15) is 12.8 Å². The molecule has 1 aliphatic rings. The molecule has 1 aliphatic heterocycles. The van der Waals surface area contributed by atoms with Crippen molar-refractivity contribution in [1.82, 2.24) is 15.1 Å². The summed E-state index contributed by atoms with van der Waals surface area (Å²) in [6, 6.07) is -0.731. The number of aliphatic hydroxyl groups is 2. The summed E-state index contributed by atoms with van der Waals surface area (Å²) in [5.74, 6) is -0.498. The number of carbonyl (C=O) groups excluding carboxylic acids is 2. The van der Waals surface area contributed by atoms with E-state index in [-0.39, 0.29) is 31.1 Å². The SMILES string of the molecule is CN(C)C(=O)N1CCCC(C(=O)NC(CO)CO)C1. The Kier molecular flexibility index (Phi) is 6.04. The highest BCUT2D eigenvalue weighted by molar-refractivity contribution is 5.81. The maximum atomic E-state index is 12.0. The zero-order chi connectivity index (χ0) is 14.4. The summed E-state index contributed by atoms with van der Waals surface area (Å²) in [6.45, 7) is 0.446. The van der Waals surface area contributed by atoms with Gasteiger partial charge in [-0.2, -0.15) is 0 Å². The minimum Gasteiger partial charge on any atom is -0.394 e. The molecule has 0 aromatic rings. The van der Waals surface area contributed by atoms with Crippen LogP contribution in [0.3, 0.4) is 0 Å². The number of hydrogen-bond acceptors (Lipinski definition) is 4. The van der Waals surface area contributed by atoms with Crippen molar-refractivity contribution in [2.75, 3.05) is 40.4 Å². The second kappa shape index (κ2) is 7.30. The van der Waals surface area contributed by atoms with Crippen LogP contribution in [0.2, 0.25) is 0 Å². The molecule has 0 aromatic carbocycles. The number of hydrogen-bond donors (Lipinski definition) is 3. The first-order valence-electron chi connectivity index (χ1n) is 6.48. The monoisotopic (exact) mass is 273 g/mol. The van der Waals surface area contributed by atoms with Crippen LogP contribution in [0.15, 0.2) is 0 Å². The van der Waals surface area contributed by atoms with Crippen molar-refractivity contribution in [3.05, 3.63) is 0 Å². The summed E-state index contributed by atoms with van der Waals surface area (Å²) in [6.07, 6.45) is 1.49. The van der Waals surface area contributed by atoms with E-state index < -0.39 is 6.04 Å². The van der Waals surface area contributed by atoms with E-state index in [4.69, 9.17) is 10.2 Å². The van der Waals surface area contributed by atoms with Gasteiger partial charge in [-0.15, -0.1) is 0 Å². The molecule has 1 atom stereocenters. The van der Waals surface area contributed by atoms with Gasteiger partial charge in [0.05, 0.1) is 25.2 Å². The molecule has 0 saturated carbocycles. The average Bonchev–Trinajstić information content (AvgIpc) is 2.43. The molecule has 19 heavy (non-hydrogen) atoms. The van der Waals surface area contributed by atoms with E-state index in [2.05, 4.69) is 5.32 Å². The van der Waals surface area contributed by atoms with E-state index in [1.165, 1.54) is 4.90 Å². The highest BCUT2D eigenvalue weighted by Gasteiger charge is 2.29. The van der Waals surface area contributed by atoms with Crippen LogP contribution in [0.5, 0.6) is 0 Å². The lowest BCUT2D eigenvalue weighted by Crippen LogP contribution is -2.51. The molecule has 7 nitrogen and oxygen atoms in total. The Morgan fingerprint density at radius 3 is 2.53 bits per heavy atom. The lowest BCUT2D eigenvalue weighted by molar-refractivity contribution is -0.127. The predicted octanol–water partition coefficient (Wildman–Crippen LogP) is -1.15. The van der Waals surface area contributed by atoms with Crippen LogP contribution in [-0.2, 0) is 4.79 Å². The van der Waals surface area contributed by atoms with E-state index in [0.717, 1.165) is 6.42 Å². The lowest BCUT2D eigenvalue weighted by atomic mass is 9.97. The first-order valence-corrected chi connectivity index (χ1v) is 6.48. The molecule has 0 spiro atoms. The van der Waals surface area contributed by atoms with Crippen LogP contribution in [0.4, 0.5) is 4.79 Å². The molecule has 7 heteroatoms. The summed E-state index contributed by atoms with van der Waals surface area (Å²) in [7, 11) is 3.36. The van der Waals surface area contributed by atoms with Crippen molar-refractivity contribution in [2.24, 2.45) is 5.92 Å². The Labute approximate surface area is 113 Å². The first-order chi connectivity index (χ1) is 8.99. The maximum absolute atomic E-state index is 12.0. The van der Waals surface area contributed by atoms with Gasteiger partial charge >= 0.3 is 6.03 Å². The molecule has 1 saturated heterocycles. The standard InChI is InChI=1S/C12H23N3O4/c1-14(2)12(19)15-5-3-4-9(6-15)11(18)13-10(7-16)8-17/h9-10,16-17H,3-8H2,1-2H3,(H,13,18). The maximum Gasteiger partial charge on any atom is 0.319 e. The van der Waals surface area contributed by atoms with Gasteiger partial charge in [0.15, 0.2) is 0 Å². The van der Waals surface area contributed by atoms with E-state index in [0.29, 0.717) is 19.5 Å². The second-order valence-corrected chi connectivity index (χ2v) is 5.03. The Hall–Kier alpha value is -1.34. The molecule has 1 unspecified atom stereocenters. The van der Waals surface area contributed by atoms with Crippen molar-refractivity contribution in [3.63, 3.8) is 0 Å². The number of carbonyl (C=O) groups is 2. The Morgan fingerprint density at radius 2 is 2.00 bits per heavy atom. The Morgan fingerprint density at radius 1 is 1.37 bits per heavy atom. The third-order valence-electron chi connectivity index (χ3n) is 3.23. The van der Waals surface area contributed by atoms with E-state index in [9.17, 15) is 9.59 Å². The van der Waals surface area contributed by atoms with Gasteiger partial charge in [0.1, 0.15) is 0 Å². The van der Waals surface area contributed by atoms with Gasteiger partial charge in [-0.05, 0) is 12.8 Å². The molecule has 1 rings (SSSR count). The number of nitrogens with zero attached hydrogens (tertiary/aromatic N) is 2. The van der Waals surface area contributed by atoms with E-state index in [1.54, 1.807) is 19.0 Å². The fourth-order valence-corrected chi connectivity index (χ4v) is 2.12. The van der Waals surface area contributed by atoms with Gasteiger partial charge in [0.2, 0.25) is 5.91 Å². The third kappa shape index (κ3) is 4.36. The number of urea groups is 1. The predicted molar refractivity (Wildman–Crippen MR) is 69.5 cm³/mol. The van der Waals surface area contributed by atoms with Gasteiger partial charge in [0, 0.05) is 27.2 Å². The molecule has 1 heterocycles. The fraction of sp³-hybridized carbons (Fsp3) is 0.833. The summed E-state index contributed by atoms with van der Waals surface area (Å²) < 4.78 is 0. The molecule has 0 radical (unpaired) electrons. The Balaban J connectivity index is 2.54. The van der Waals surface area contributed by atoms with Crippen LogP contribution < -0.4 is 5.32 Å². The number of aliphatic hydroxyl groups excluding tert-OH is 2. The summed E-state index contributed by atoms with van der Waals surface area (Å²) in [5, 5.41) is 20.5. The number of likely N-dealkylation sites (tertiary alicyclic amines) is 1. The van der Waals surface area contributed by atoms with Crippen molar-refractivity contribution >= 4 is 11.9 Å². The molecular weight excluding hydrogens is 250 g/mol. The highest BCUT2D eigenvalue weighted by atomic mass is 16.3. The smallest absolute Gasteiger partial charge is 0.319 e. The summed E-state index contributed by atoms with van der Waals surface area (Å²) in [4.78, 5) is 27.0. The topological polar surface area (TPSA) is 93.1 Å². The van der Waals surface area contributed by atoms with Gasteiger partial charge < -0.3 is 25.3 Å².